The minimum absolute atomic E-state index is 0.207. The van der Waals surface area contributed by atoms with Gasteiger partial charge in [-0.3, -0.25) is 9.69 Å². The first kappa shape index (κ1) is 16.3. The molecule has 2 aromatic rings. The first-order valence-electron chi connectivity index (χ1n) is 9.17. The zero-order valence-corrected chi connectivity index (χ0v) is 14.4. The smallest absolute Gasteiger partial charge is 0.222 e. The molecule has 25 heavy (non-hydrogen) atoms. The fourth-order valence-corrected chi connectivity index (χ4v) is 3.95. The summed E-state index contributed by atoms with van der Waals surface area (Å²) in [5, 5.41) is 1.09. The second-order valence-corrected chi connectivity index (χ2v) is 7.01. The highest BCUT2D eigenvalue weighted by Crippen LogP contribution is 2.29. The third-order valence-corrected chi connectivity index (χ3v) is 5.36. The number of H-pyrrole nitrogens is 1. The molecule has 1 saturated heterocycles. The largest absolute Gasteiger partial charge is 0.360 e. The van der Waals surface area contributed by atoms with E-state index in [0.717, 1.165) is 69.3 Å². The molecular weight excluding hydrogens is 317 g/mol. The summed E-state index contributed by atoms with van der Waals surface area (Å²) in [5.41, 5.74) is 3.38. The van der Waals surface area contributed by atoms with Gasteiger partial charge in [0, 0.05) is 61.8 Å². The molecule has 2 aliphatic heterocycles. The van der Waals surface area contributed by atoms with E-state index in [1.165, 1.54) is 17.2 Å². The molecule has 0 saturated carbocycles. The molecule has 1 aromatic carbocycles. The van der Waals surface area contributed by atoms with E-state index in [4.69, 9.17) is 0 Å². The average Bonchev–Trinajstić information content (AvgIpc) is 3.21. The number of carbonyl (C=O) groups is 1. The van der Waals surface area contributed by atoms with Crippen molar-refractivity contribution >= 4 is 22.4 Å². The lowest BCUT2D eigenvalue weighted by molar-refractivity contribution is -0.127. The third kappa shape index (κ3) is 3.47. The topological polar surface area (TPSA) is 39.3 Å². The van der Waals surface area contributed by atoms with Crippen LogP contribution in [0.25, 0.3) is 16.5 Å². The molecule has 1 fully saturated rings. The van der Waals surface area contributed by atoms with E-state index in [0.29, 0.717) is 5.91 Å². The summed E-state index contributed by atoms with van der Waals surface area (Å²) in [6.45, 7) is 4.83. The van der Waals surface area contributed by atoms with Gasteiger partial charge in [-0.05, 0) is 43.0 Å². The molecule has 2 aliphatic rings. The lowest BCUT2D eigenvalue weighted by Crippen LogP contribution is -2.33. The SMILES string of the molecule is O=C1CCCN1CCCN1CC=C(c2c[nH]c3cc(F)ccc23)CC1. The fraction of sp³-hybridized carbons (Fsp3) is 0.450. The molecule has 0 unspecified atom stereocenters. The van der Waals surface area contributed by atoms with Crippen LogP contribution < -0.4 is 0 Å². The summed E-state index contributed by atoms with van der Waals surface area (Å²) in [5.74, 6) is 0.109. The van der Waals surface area contributed by atoms with E-state index in [1.807, 2.05) is 17.2 Å². The number of nitrogens with one attached hydrogen (secondary N) is 1. The number of nitrogens with zero attached hydrogens (tertiary/aromatic N) is 2. The van der Waals surface area contributed by atoms with E-state index in [2.05, 4.69) is 16.0 Å². The quantitative estimate of drug-likeness (QED) is 0.905. The number of likely N-dealkylation sites (tertiary alicyclic amines) is 1. The van der Waals surface area contributed by atoms with Crippen LogP contribution in [0.4, 0.5) is 4.39 Å². The lowest BCUT2D eigenvalue weighted by atomic mass is 9.99. The summed E-state index contributed by atoms with van der Waals surface area (Å²) in [6.07, 6.45) is 8.07. The molecular formula is C20H24FN3O. The number of halogens is 1. The fourth-order valence-electron chi connectivity index (χ4n) is 3.95. The molecule has 1 aromatic heterocycles. The Balaban J connectivity index is 1.34. The van der Waals surface area contributed by atoms with Crippen molar-refractivity contribution in [1.29, 1.82) is 0 Å². The van der Waals surface area contributed by atoms with E-state index >= 15 is 0 Å². The van der Waals surface area contributed by atoms with E-state index in [-0.39, 0.29) is 5.82 Å². The van der Waals surface area contributed by atoms with Crippen LogP contribution in [0.3, 0.4) is 0 Å². The Morgan fingerprint density at radius 3 is 2.84 bits per heavy atom. The lowest BCUT2D eigenvalue weighted by Gasteiger charge is -2.27. The van der Waals surface area contributed by atoms with E-state index in [1.54, 1.807) is 6.07 Å². The Kier molecular flexibility index (Phi) is 4.57. The number of amides is 1. The Morgan fingerprint density at radius 1 is 1.16 bits per heavy atom. The second kappa shape index (κ2) is 7.00. The predicted molar refractivity (Wildman–Crippen MR) is 97.7 cm³/mol. The summed E-state index contributed by atoms with van der Waals surface area (Å²) >= 11 is 0. The zero-order valence-electron chi connectivity index (χ0n) is 14.4. The molecule has 0 spiro atoms. The summed E-state index contributed by atoms with van der Waals surface area (Å²) in [4.78, 5) is 19.2. The number of aromatic nitrogens is 1. The number of fused-ring (bicyclic) bond motifs is 1. The molecule has 4 rings (SSSR count). The van der Waals surface area contributed by atoms with E-state index in [9.17, 15) is 9.18 Å². The number of carbonyl (C=O) groups excluding carboxylic acids is 1. The Morgan fingerprint density at radius 2 is 2.08 bits per heavy atom. The van der Waals surface area contributed by atoms with Crippen LogP contribution in [-0.2, 0) is 4.79 Å². The first-order valence-corrected chi connectivity index (χ1v) is 9.17. The number of rotatable bonds is 5. The van der Waals surface area contributed by atoms with Crippen molar-refractivity contribution in [3.8, 4) is 0 Å². The molecule has 1 N–H and O–H groups in total. The third-order valence-electron chi connectivity index (χ3n) is 5.36. The molecule has 132 valence electrons. The summed E-state index contributed by atoms with van der Waals surface area (Å²) in [6, 6.07) is 4.93. The van der Waals surface area contributed by atoms with Crippen molar-refractivity contribution < 1.29 is 9.18 Å². The molecule has 1 amide bonds. The van der Waals surface area contributed by atoms with Crippen LogP contribution in [0, 0.1) is 5.82 Å². The van der Waals surface area contributed by atoms with Crippen molar-refractivity contribution in [2.24, 2.45) is 0 Å². The van der Waals surface area contributed by atoms with Gasteiger partial charge in [0.15, 0.2) is 0 Å². The average molecular weight is 341 g/mol. The van der Waals surface area contributed by atoms with Crippen LogP contribution >= 0.6 is 0 Å². The van der Waals surface area contributed by atoms with Gasteiger partial charge in [-0.25, -0.2) is 4.39 Å². The van der Waals surface area contributed by atoms with E-state index < -0.39 is 0 Å². The van der Waals surface area contributed by atoms with Gasteiger partial charge in [-0.15, -0.1) is 0 Å². The Hall–Kier alpha value is -2.14. The zero-order chi connectivity index (χ0) is 17.2. The van der Waals surface area contributed by atoms with Crippen LogP contribution in [-0.4, -0.2) is 53.4 Å². The van der Waals surface area contributed by atoms with Crippen LogP contribution in [0.5, 0.6) is 0 Å². The number of benzene rings is 1. The van der Waals surface area contributed by atoms with Gasteiger partial charge < -0.3 is 9.88 Å². The predicted octanol–water partition coefficient (Wildman–Crippen LogP) is 3.41. The monoisotopic (exact) mass is 341 g/mol. The number of hydrogen-bond acceptors (Lipinski definition) is 2. The summed E-state index contributed by atoms with van der Waals surface area (Å²) < 4.78 is 13.3. The minimum Gasteiger partial charge on any atom is -0.360 e. The maximum Gasteiger partial charge on any atom is 0.222 e. The van der Waals surface area contributed by atoms with Crippen LogP contribution in [0.1, 0.15) is 31.2 Å². The molecule has 0 aliphatic carbocycles. The van der Waals surface area contributed by atoms with Crippen LogP contribution in [0.15, 0.2) is 30.5 Å². The van der Waals surface area contributed by atoms with Gasteiger partial charge in [-0.2, -0.15) is 0 Å². The van der Waals surface area contributed by atoms with Crippen LogP contribution in [0.2, 0.25) is 0 Å². The maximum atomic E-state index is 13.3. The van der Waals surface area contributed by atoms with Gasteiger partial charge in [0.1, 0.15) is 5.82 Å². The Labute approximate surface area is 147 Å². The van der Waals surface area contributed by atoms with Crippen molar-refractivity contribution in [2.75, 3.05) is 32.7 Å². The highest BCUT2D eigenvalue weighted by molar-refractivity contribution is 5.92. The molecule has 0 bridgehead atoms. The van der Waals surface area contributed by atoms with Crippen molar-refractivity contribution in [3.05, 3.63) is 41.9 Å². The standard InChI is InChI=1S/C20H24FN3O/c21-16-4-5-17-18(14-22-19(17)13-16)15-6-11-23(12-7-15)8-2-10-24-9-1-3-20(24)25/h4-6,13-14,22H,1-3,7-12H2. The van der Waals surface area contributed by atoms with Gasteiger partial charge in [0.25, 0.3) is 0 Å². The maximum absolute atomic E-state index is 13.3. The molecule has 0 radical (unpaired) electrons. The highest BCUT2D eigenvalue weighted by Gasteiger charge is 2.20. The highest BCUT2D eigenvalue weighted by atomic mass is 19.1. The van der Waals surface area contributed by atoms with Gasteiger partial charge in [0.2, 0.25) is 5.91 Å². The Bertz CT molecular complexity index is 810. The number of hydrogen-bond donors (Lipinski definition) is 1. The van der Waals surface area contributed by atoms with Crippen molar-refractivity contribution in [1.82, 2.24) is 14.8 Å². The van der Waals surface area contributed by atoms with Gasteiger partial charge >= 0.3 is 0 Å². The molecule has 4 nitrogen and oxygen atoms in total. The van der Waals surface area contributed by atoms with Crippen molar-refractivity contribution in [2.45, 2.75) is 25.7 Å². The second-order valence-electron chi connectivity index (χ2n) is 7.01. The molecule has 0 atom stereocenters. The van der Waals surface area contributed by atoms with Gasteiger partial charge in [0.05, 0.1) is 0 Å². The minimum atomic E-state index is -0.207. The normalized spacial score (nSPS) is 19.0. The molecule has 3 heterocycles. The number of aromatic amines is 1. The summed E-state index contributed by atoms with van der Waals surface area (Å²) in [7, 11) is 0. The molecule has 5 heteroatoms. The first-order chi connectivity index (χ1) is 12.2. The van der Waals surface area contributed by atoms with Gasteiger partial charge in [-0.1, -0.05) is 6.08 Å². The van der Waals surface area contributed by atoms with Crippen molar-refractivity contribution in [3.63, 3.8) is 0 Å².